The van der Waals surface area contributed by atoms with Crippen LogP contribution in [0, 0.1) is 11.7 Å². The van der Waals surface area contributed by atoms with Crippen molar-refractivity contribution < 1.29 is 45.4 Å². The number of benzene rings is 2. The summed E-state index contributed by atoms with van der Waals surface area (Å²) in [5.41, 5.74) is -2.36. The van der Waals surface area contributed by atoms with E-state index in [0.717, 1.165) is 5.56 Å². The third kappa shape index (κ3) is 7.19. The van der Waals surface area contributed by atoms with Gasteiger partial charge >= 0.3 is 18.3 Å². The van der Waals surface area contributed by atoms with Crippen LogP contribution < -0.4 is 5.32 Å². The van der Waals surface area contributed by atoms with Crippen molar-refractivity contribution >= 4 is 5.97 Å². The normalized spacial score (nSPS) is 21.5. The maximum atomic E-state index is 13.5. The Hall–Kier alpha value is -2.66. The highest BCUT2D eigenvalue weighted by atomic mass is 19.4. The van der Waals surface area contributed by atoms with E-state index in [1.54, 1.807) is 12.1 Å². The molecule has 0 bridgehead atoms. The van der Waals surface area contributed by atoms with Crippen LogP contribution in [0.25, 0.3) is 0 Å². The van der Waals surface area contributed by atoms with Crippen molar-refractivity contribution in [3.63, 3.8) is 0 Å². The van der Waals surface area contributed by atoms with E-state index < -0.39 is 47.5 Å². The van der Waals surface area contributed by atoms with Gasteiger partial charge in [-0.05, 0) is 73.7 Å². The summed E-state index contributed by atoms with van der Waals surface area (Å²) in [7, 11) is 0. The van der Waals surface area contributed by atoms with E-state index in [1.165, 1.54) is 19.1 Å². The van der Waals surface area contributed by atoms with E-state index >= 15 is 0 Å². The lowest BCUT2D eigenvalue weighted by Crippen LogP contribution is -2.30. The lowest BCUT2D eigenvalue weighted by molar-refractivity contribution is -0.143. The van der Waals surface area contributed by atoms with Crippen molar-refractivity contribution in [3.05, 3.63) is 70.5 Å². The van der Waals surface area contributed by atoms with Gasteiger partial charge in [-0.2, -0.15) is 26.3 Å². The molecule has 0 radical (unpaired) electrons. The van der Waals surface area contributed by atoms with Crippen molar-refractivity contribution in [1.29, 1.82) is 0 Å². The minimum atomic E-state index is -4.97. The summed E-state index contributed by atoms with van der Waals surface area (Å²) in [6, 6.07) is 7.08. The largest absolute Gasteiger partial charge is 0.481 e. The number of carboxylic acid groups (broad SMARTS) is 1. The molecular formula is C25H26F7NO3. The number of hydrogen-bond donors (Lipinski definition) is 2. The molecule has 0 spiro atoms. The summed E-state index contributed by atoms with van der Waals surface area (Å²) in [5, 5.41) is 11.9. The van der Waals surface area contributed by atoms with Crippen molar-refractivity contribution in [3.8, 4) is 0 Å². The van der Waals surface area contributed by atoms with Gasteiger partial charge in [-0.3, -0.25) is 4.79 Å². The zero-order valence-electron chi connectivity index (χ0n) is 19.3. The first-order valence-corrected chi connectivity index (χ1v) is 11.4. The highest BCUT2D eigenvalue weighted by Crippen LogP contribution is 2.44. The SMILES string of the molecule is C[C@@H](O[C@H]1CC[C@@H](CNCCC(=O)O)[C@@H]1c1ccc(F)cc1)c1cc(C(F)(F)F)cc(C(F)(F)F)c1. The highest BCUT2D eigenvalue weighted by molar-refractivity contribution is 5.66. The maximum absolute atomic E-state index is 13.5. The Morgan fingerprint density at radius 2 is 1.61 bits per heavy atom. The molecule has 0 saturated heterocycles. The molecule has 3 rings (SSSR count). The van der Waals surface area contributed by atoms with Crippen molar-refractivity contribution in [2.45, 2.75) is 56.7 Å². The zero-order valence-corrected chi connectivity index (χ0v) is 19.3. The number of aliphatic carboxylic acids is 1. The second-order valence-corrected chi connectivity index (χ2v) is 8.92. The van der Waals surface area contributed by atoms with Gasteiger partial charge < -0.3 is 15.2 Å². The monoisotopic (exact) mass is 521 g/mol. The van der Waals surface area contributed by atoms with E-state index in [4.69, 9.17) is 9.84 Å². The lowest BCUT2D eigenvalue weighted by Gasteiger charge is -2.29. The molecule has 2 aromatic carbocycles. The molecule has 11 heteroatoms. The number of carboxylic acids is 1. The summed E-state index contributed by atoms with van der Waals surface area (Å²) in [4.78, 5) is 10.8. The molecule has 4 nitrogen and oxygen atoms in total. The molecule has 1 fully saturated rings. The molecule has 1 aliphatic carbocycles. The van der Waals surface area contributed by atoms with Gasteiger partial charge in [0.2, 0.25) is 0 Å². The van der Waals surface area contributed by atoms with Gasteiger partial charge in [0, 0.05) is 12.5 Å². The van der Waals surface area contributed by atoms with Crippen LogP contribution in [0.4, 0.5) is 30.7 Å². The number of alkyl halides is 6. The summed E-state index contributed by atoms with van der Waals surface area (Å²) < 4.78 is 99.3. The Morgan fingerprint density at radius 1 is 1.03 bits per heavy atom. The number of hydrogen-bond acceptors (Lipinski definition) is 3. The molecular weight excluding hydrogens is 495 g/mol. The first-order valence-electron chi connectivity index (χ1n) is 11.4. The second kappa shape index (κ2) is 11.2. The topological polar surface area (TPSA) is 58.6 Å². The first-order chi connectivity index (χ1) is 16.8. The van der Waals surface area contributed by atoms with E-state index in [0.29, 0.717) is 31.5 Å². The van der Waals surface area contributed by atoms with Gasteiger partial charge in [-0.1, -0.05) is 12.1 Å². The van der Waals surface area contributed by atoms with Crippen LogP contribution in [0.1, 0.15) is 60.5 Å². The minimum absolute atomic E-state index is 0.0614. The third-order valence-corrected chi connectivity index (χ3v) is 6.37. The van der Waals surface area contributed by atoms with Crippen LogP contribution in [-0.4, -0.2) is 30.3 Å². The fourth-order valence-corrected chi connectivity index (χ4v) is 4.63. The molecule has 1 saturated carbocycles. The standard InChI is InChI=1S/C25H26F7NO3/c1-14(17-10-18(24(27,28)29)12-19(11-17)25(30,31)32)36-21-7-4-16(13-33-9-8-22(34)35)23(21)15-2-5-20(26)6-3-15/h2-3,5-6,10-12,14,16,21,23,33H,4,7-9,13H2,1H3,(H,34,35)/t14-,16+,21+,23+/m1/s1. The van der Waals surface area contributed by atoms with Crippen LogP contribution >= 0.6 is 0 Å². The number of halogens is 7. The third-order valence-electron chi connectivity index (χ3n) is 6.37. The van der Waals surface area contributed by atoms with Crippen LogP contribution in [-0.2, 0) is 21.9 Å². The maximum Gasteiger partial charge on any atom is 0.416 e. The van der Waals surface area contributed by atoms with Crippen molar-refractivity contribution in [2.24, 2.45) is 5.92 Å². The van der Waals surface area contributed by atoms with Crippen LogP contribution in [0.5, 0.6) is 0 Å². The summed E-state index contributed by atoms with van der Waals surface area (Å²) in [6.45, 7) is 2.05. The molecule has 198 valence electrons. The Balaban J connectivity index is 1.85. The Morgan fingerprint density at radius 3 is 2.14 bits per heavy atom. The van der Waals surface area contributed by atoms with Crippen molar-refractivity contribution in [1.82, 2.24) is 5.32 Å². The first kappa shape index (κ1) is 27.9. The van der Waals surface area contributed by atoms with Gasteiger partial charge in [0.15, 0.2) is 0 Å². The van der Waals surface area contributed by atoms with Crippen LogP contribution in [0.3, 0.4) is 0 Å². The molecule has 0 unspecified atom stereocenters. The summed E-state index contributed by atoms with van der Waals surface area (Å²) in [5.74, 6) is -1.80. The molecule has 36 heavy (non-hydrogen) atoms. The Kier molecular flexibility index (Phi) is 8.66. The minimum Gasteiger partial charge on any atom is -0.481 e. The average molecular weight is 521 g/mol. The summed E-state index contributed by atoms with van der Waals surface area (Å²) in [6.07, 6.45) is -10.6. The fraction of sp³-hybridized carbons (Fsp3) is 0.480. The molecule has 0 heterocycles. The predicted molar refractivity (Wildman–Crippen MR) is 117 cm³/mol. The molecule has 1 aliphatic rings. The van der Waals surface area contributed by atoms with Crippen LogP contribution in [0.15, 0.2) is 42.5 Å². The Labute approximate surface area is 203 Å². The molecule has 2 aromatic rings. The molecule has 0 amide bonds. The predicted octanol–water partition coefficient (Wildman–Crippen LogP) is 6.57. The lowest BCUT2D eigenvalue weighted by atomic mass is 9.87. The highest BCUT2D eigenvalue weighted by Gasteiger charge is 2.40. The number of rotatable bonds is 9. The van der Waals surface area contributed by atoms with Gasteiger partial charge in [0.1, 0.15) is 5.82 Å². The molecule has 4 atom stereocenters. The van der Waals surface area contributed by atoms with Crippen molar-refractivity contribution in [2.75, 3.05) is 13.1 Å². The van der Waals surface area contributed by atoms with Gasteiger partial charge in [-0.25, -0.2) is 4.39 Å². The fourth-order valence-electron chi connectivity index (χ4n) is 4.63. The second-order valence-electron chi connectivity index (χ2n) is 8.92. The molecule has 2 N–H and O–H groups in total. The quantitative estimate of drug-likeness (QED) is 0.290. The van der Waals surface area contributed by atoms with E-state index in [-0.39, 0.29) is 36.4 Å². The Bertz CT molecular complexity index is 1010. The smallest absolute Gasteiger partial charge is 0.416 e. The van der Waals surface area contributed by atoms with E-state index in [2.05, 4.69) is 5.32 Å². The number of carbonyl (C=O) groups is 1. The van der Waals surface area contributed by atoms with Crippen LogP contribution in [0.2, 0.25) is 0 Å². The number of ether oxygens (including phenoxy) is 1. The van der Waals surface area contributed by atoms with E-state index in [9.17, 15) is 35.5 Å². The number of nitrogens with one attached hydrogen (secondary N) is 1. The molecule has 0 aliphatic heterocycles. The zero-order chi connectivity index (χ0) is 26.7. The molecule has 0 aromatic heterocycles. The summed E-state index contributed by atoms with van der Waals surface area (Å²) >= 11 is 0. The van der Waals surface area contributed by atoms with Gasteiger partial charge in [-0.15, -0.1) is 0 Å². The van der Waals surface area contributed by atoms with E-state index in [1.807, 2.05) is 0 Å². The average Bonchev–Trinajstić information content (AvgIpc) is 3.17. The van der Waals surface area contributed by atoms with Gasteiger partial charge in [0.25, 0.3) is 0 Å². The van der Waals surface area contributed by atoms with Gasteiger partial charge in [0.05, 0.1) is 29.8 Å².